The van der Waals surface area contributed by atoms with Gasteiger partial charge in [0.15, 0.2) is 6.10 Å². The fourth-order valence-electron chi connectivity index (χ4n) is 4.67. The number of aromatic nitrogens is 7. The molecule has 5 heterocycles. The van der Waals surface area contributed by atoms with Gasteiger partial charge in [-0.1, -0.05) is 5.21 Å². The van der Waals surface area contributed by atoms with Crippen LogP contribution in [0.25, 0.3) is 0 Å². The molecule has 0 bridgehead atoms. The normalized spacial score (nSPS) is 27.8. The Morgan fingerprint density at radius 3 is 2.58 bits per heavy atom. The van der Waals surface area contributed by atoms with Crippen molar-refractivity contribution in [2.24, 2.45) is 0 Å². The molecule has 2 aliphatic rings. The highest BCUT2D eigenvalue weighted by atomic mass is 19.3. The Bertz CT molecular complexity index is 1550. The molecule has 0 unspecified atom stereocenters. The minimum Gasteiger partial charge on any atom is -0.394 e. The molecule has 16 nitrogen and oxygen atoms in total. The first kappa shape index (κ1) is 27.7. The smallest absolute Gasteiger partial charge is 0.351 e. The van der Waals surface area contributed by atoms with Crippen LogP contribution >= 0.6 is 0 Å². The van der Waals surface area contributed by atoms with Gasteiger partial charge in [0, 0.05) is 24.4 Å². The zero-order valence-corrected chi connectivity index (χ0v) is 20.9. The van der Waals surface area contributed by atoms with Crippen LogP contribution < -0.4 is 22.3 Å². The van der Waals surface area contributed by atoms with Crippen LogP contribution in [0.15, 0.2) is 39.0 Å². The van der Waals surface area contributed by atoms with E-state index in [0.29, 0.717) is 15.8 Å². The van der Waals surface area contributed by atoms with Gasteiger partial charge in [0.05, 0.1) is 32.0 Å². The van der Waals surface area contributed by atoms with Crippen LogP contribution in [-0.4, -0.2) is 86.9 Å². The van der Waals surface area contributed by atoms with Crippen LogP contribution in [0.5, 0.6) is 0 Å². The van der Waals surface area contributed by atoms with Gasteiger partial charge in [-0.25, -0.2) is 14.3 Å². The van der Waals surface area contributed by atoms with Crippen molar-refractivity contribution in [2.45, 2.75) is 62.6 Å². The standard InChI is InChI=1S/C22H26F2N8O8/c1-10-6-31(21(38)27-18(10)36)16-4-12(13(8-33)39-16)32-7-11(28-29-32)5-25-15-2-3-30(20(37)26-15)19-22(23,24)17(35)14(9-34)40-19/h2-3,6-7,12-14,16-17,19,33-35H,4-5,8-9H2,1H3,(H,25,26,37)(H,27,36,38)/t12-,13+,14+,16+,17+,19+/m0/s1. The van der Waals surface area contributed by atoms with E-state index in [1.54, 1.807) is 13.1 Å². The molecular formula is C22H26F2N8O8. The molecule has 3 aromatic rings. The third kappa shape index (κ3) is 4.94. The van der Waals surface area contributed by atoms with Crippen molar-refractivity contribution in [3.8, 4) is 0 Å². The van der Waals surface area contributed by atoms with Crippen molar-refractivity contribution in [1.82, 2.24) is 34.1 Å². The monoisotopic (exact) mass is 568 g/mol. The number of anilines is 1. The van der Waals surface area contributed by atoms with E-state index in [9.17, 15) is 33.4 Å². The zero-order valence-electron chi connectivity index (χ0n) is 20.9. The Morgan fingerprint density at radius 2 is 1.90 bits per heavy atom. The Morgan fingerprint density at radius 1 is 1.15 bits per heavy atom. The van der Waals surface area contributed by atoms with Crippen LogP contribution in [0.1, 0.15) is 36.2 Å². The highest BCUT2D eigenvalue weighted by Crippen LogP contribution is 2.42. The van der Waals surface area contributed by atoms with E-state index in [2.05, 4.69) is 25.6 Å². The molecule has 216 valence electrons. The average molecular weight is 568 g/mol. The maximum Gasteiger partial charge on any atom is 0.351 e. The molecule has 0 aliphatic carbocycles. The second-order valence-electron chi connectivity index (χ2n) is 9.47. The number of nitrogens with one attached hydrogen (secondary N) is 2. The molecule has 18 heteroatoms. The molecule has 0 spiro atoms. The largest absolute Gasteiger partial charge is 0.394 e. The number of H-pyrrole nitrogens is 1. The van der Waals surface area contributed by atoms with Gasteiger partial charge in [-0.2, -0.15) is 13.8 Å². The second-order valence-corrected chi connectivity index (χ2v) is 9.47. The molecule has 2 fully saturated rings. The minimum absolute atomic E-state index is 0.0389. The number of aryl methyl sites for hydroxylation is 1. The molecule has 0 radical (unpaired) electrons. The first-order chi connectivity index (χ1) is 19.0. The Balaban J connectivity index is 1.26. The molecule has 2 aliphatic heterocycles. The summed E-state index contributed by atoms with van der Waals surface area (Å²) >= 11 is 0. The average Bonchev–Trinajstić information content (AvgIpc) is 3.62. The molecule has 40 heavy (non-hydrogen) atoms. The number of ether oxygens (including phenoxy) is 2. The number of nitrogens with zero attached hydrogens (tertiary/aromatic N) is 6. The predicted molar refractivity (Wildman–Crippen MR) is 129 cm³/mol. The number of aliphatic hydroxyl groups is 3. The predicted octanol–water partition coefficient (Wildman–Crippen LogP) is -1.99. The van der Waals surface area contributed by atoms with Crippen LogP contribution in [0.3, 0.4) is 0 Å². The Labute approximate surface area is 222 Å². The van der Waals surface area contributed by atoms with E-state index < -0.39 is 66.3 Å². The first-order valence-electron chi connectivity index (χ1n) is 12.2. The fraction of sp³-hybridized carbons (Fsp3) is 0.545. The van der Waals surface area contributed by atoms with Crippen molar-refractivity contribution in [3.05, 3.63) is 67.2 Å². The highest BCUT2D eigenvalue weighted by Gasteiger charge is 2.59. The molecule has 5 rings (SSSR count). The second kappa shape index (κ2) is 10.6. The maximum atomic E-state index is 14.4. The SMILES string of the molecule is Cc1cn([C@H]2C[C@H](n3cc(CNc4ccn([C@@H]5O[C@H](CO)[C@@H](O)C5(F)F)c(=O)n4)nn3)[C@@H](CO)O2)c(=O)[nH]c1=O. The molecule has 0 saturated carbocycles. The quantitative estimate of drug-likeness (QED) is 0.200. The summed E-state index contributed by atoms with van der Waals surface area (Å²) in [5.74, 6) is -3.78. The van der Waals surface area contributed by atoms with E-state index in [4.69, 9.17) is 14.6 Å². The van der Waals surface area contributed by atoms with E-state index in [1.807, 2.05) is 0 Å². The zero-order chi connectivity index (χ0) is 28.8. The summed E-state index contributed by atoms with van der Waals surface area (Å²) < 4.78 is 42.8. The third-order valence-electron chi connectivity index (χ3n) is 6.83. The van der Waals surface area contributed by atoms with E-state index in [-0.39, 0.29) is 25.4 Å². The number of rotatable bonds is 8. The Hall–Kier alpha value is -3.84. The van der Waals surface area contributed by atoms with Crippen LogP contribution in [-0.2, 0) is 16.0 Å². The van der Waals surface area contributed by atoms with Gasteiger partial charge in [-0.15, -0.1) is 5.10 Å². The summed E-state index contributed by atoms with van der Waals surface area (Å²) in [5.41, 5.74) is -1.50. The lowest BCUT2D eigenvalue weighted by Gasteiger charge is -2.21. The number of alkyl halides is 2. The highest BCUT2D eigenvalue weighted by molar-refractivity contribution is 5.32. The van der Waals surface area contributed by atoms with E-state index in [1.165, 1.54) is 21.5 Å². The van der Waals surface area contributed by atoms with E-state index >= 15 is 0 Å². The molecular weight excluding hydrogens is 542 g/mol. The Kier molecular flexibility index (Phi) is 7.36. The number of aliphatic hydroxyl groups excluding tert-OH is 3. The molecule has 3 aromatic heterocycles. The third-order valence-corrected chi connectivity index (χ3v) is 6.83. The molecule has 0 aromatic carbocycles. The fourth-order valence-corrected chi connectivity index (χ4v) is 4.67. The van der Waals surface area contributed by atoms with Crippen molar-refractivity contribution in [2.75, 3.05) is 18.5 Å². The van der Waals surface area contributed by atoms with Crippen molar-refractivity contribution in [1.29, 1.82) is 0 Å². The van der Waals surface area contributed by atoms with Gasteiger partial charge in [0.25, 0.3) is 5.56 Å². The molecule has 2 saturated heterocycles. The number of aromatic amines is 1. The summed E-state index contributed by atoms with van der Waals surface area (Å²) in [7, 11) is 0. The number of halogens is 2. The lowest BCUT2D eigenvalue weighted by atomic mass is 10.1. The van der Waals surface area contributed by atoms with Crippen molar-refractivity contribution in [3.63, 3.8) is 0 Å². The topological polar surface area (TPSA) is 212 Å². The first-order valence-corrected chi connectivity index (χ1v) is 12.2. The van der Waals surface area contributed by atoms with Gasteiger partial charge in [-0.05, 0) is 13.0 Å². The lowest BCUT2D eigenvalue weighted by Crippen LogP contribution is -2.41. The van der Waals surface area contributed by atoms with Gasteiger partial charge in [-0.3, -0.25) is 18.9 Å². The molecule has 5 N–H and O–H groups in total. The summed E-state index contributed by atoms with van der Waals surface area (Å²) in [6, 6.07) is 0.758. The number of hydrogen-bond acceptors (Lipinski definition) is 12. The molecule has 6 atom stereocenters. The minimum atomic E-state index is -3.83. The van der Waals surface area contributed by atoms with Crippen LogP contribution in [0, 0.1) is 6.92 Å². The van der Waals surface area contributed by atoms with Crippen molar-refractivity contribution < 1.29 is 33.6 Å². The summed E-state index contributed by atoms with van der Waals surface area (Å²) in [5, 5.41) is 39.6. The van der Waals surface area contributed by atoms with E-state index in [0.717, 1.165) is 6.20 Å². The molecule has 0 amide bonds. The van der Waals surface area contributed by atoms with Crippen LogP contribution in [0.4, 0.5) is 14.6 Å². The van der Waals surface area contributed by atoms with Gasteiger partial charge >= 0.3 is 17.3 Å². The maximum absolute atomic E-state index is 14.4. The van der Waals surface area contributed by atoms with Gasteiger partial charge < -0.3 is 30.1 Å². The summed E-state index contributed by atoms with van der Waals surface area (Å²) in [6.45, 7) is 0.365. The van der Waals surface area contributed by atoms with Gasteiger partial charge in [0.2, 0.25) is 6.23 Å². The summed E-state index contributed by atoms with van der Waals surface area (Å²) in [6.07, 6.45) is -3.25. The van der Waals surface area contributed by atoms with Crippen LogP contribution in [0.2, 0.25) is 0 Å². The lowest BCUT2D eigenvalue weighted by molar-refractivity contribution is -0.140. The van der Waals surface area contributed by atoms with Gasteiger partial charge in [0.1, 0.15) is 29.9 Å². The van der Waals surface area contributed by atoms with Crippen molar-refractivity contribution >= 4 is 5.82 Å². The summed E-state index contributed by atoms with van der Waals surface area (Å²) in [4.78, 5) is 42.3. The number of hydrogen-bond donors (Lipinski definition) is 5.